The molecular weight excluding hydrogens is 182 g/mol. The van der Waals surface area contributed by atoms with E-state index in [-0.39, 0.29) is 11.9 Å². The fourth-order valence-electron chi connectivity index (χ4n) is 1.02. The summed E-state index contributed by atoms with van der Waals surface area (Å²) >= 11 is 1.65. The van der Waals surface area contributed by atoms with E-state index in [1.165, 1.54) is 11.0 Å². The van der Waals surface area contributed by atoms with Gasteiger partial charge in [0.15, 0.2) is 0 Å². The summed E-state index contributed by atoms with van der Waals surface area (Å²) in [5.41, 5.74) is 0. The molecule has 0 radical (unpaired) electrons. The van der Waals surface area contributed by atoms with Gasteiger partial charge in [-0.3, -0.25) is 4.79 Å². The zero-order valence-electron chi connectivity index (χ0n) is 7.78. The highest BCUT2D eigenvalue weighted by molar-refractivity contribution is 7.10. The van der Waals surface area contributed by atoms with Crippen LogP contribution >= 0.6 is 11.3 Å². The number of carbonyl (C=O) groups excluding carboxylic acids is 1. The Labute approximate surface area is 82.3 Å². The molecular formula is C10H13NOS. The maximum atomic E-state index is 11.2. The van der Waals surface area contributed by atoms with Crippen LogP contribution in [-0.4, -0.2) is 5.91 Å². The molecule has 0 saturated heterocycles. The van der Waals surface area contributed by atoms with Crippen molar-refractivity contribution in [1.29, 1.82) is 0 Å². The minimum absolute atomic E-state index is 0.0385. The predicted molar refractivity (Wildman–Crippen MR) is 55.7 cm³/mol. The number of nitrogens with one attached hydrogen (secondary N) is 1. The Bertz CT molecular complexity index is 290. The number of carbonyl (C=O) groups is 1. The Morgan fingerprint density at radius 2 is 2.46 bits per heavy atom. The van der Waals surface area contributed by atoms with E-state index in [1.54, 1.807) is 17.4 Å². The number of allylic oxidation sites excluding steroid dienone is 1. The van der Waals surface area contributed by atoms with Crippen molar-refractivity contribution in [1.82, 2.24) is 5.32 Å². The van der Waals surface area contributed by atoms with E-state index in [0.717, 1.165) is 0 Å². The minimum Gasteiger partial charge on any atom is -0.345 e. The quantitative estimate of drug-likeness (QED) is 0.738. The van der Waals surface area contributed by atoms with Gasteiger partial charge in [0.25, 0.3) is 0 Å². The van der Waals surface area contributed by atoms with Gasteiger partial charge in [0.1, 0.15) is 0 Å². The first-order valence-electron chi connectivity index (χ1n) is 4.20. The van der Waals surface area contributed by atoms with E-state index in [1.807, 2.05) is 31.4 Å². The van der Waals surface area contributed by atoms with Crippen molar-refractivity contribution in [3.05, 3.63) is 34.5 Å². The molecule has 1 heterocycles. The molecule has 0 bridgehead atoms. The minimum atomic E-state index is -0.0385. The highest BCUT2D eigenvalue weighted by Crippen LogP contribution is 2.17. The average molecular weight is 195 g/mol. The zero-order chi connectivity index (χ0) is 9.68. The van der Waals surface area contributed by atoms with Crippen LogP contribution in [-0.2, 0) is 4.79 Å². The van der Waals surface area contributed by atoms with Gasteiger partial charge in [-0.2, -0.15) is 0 Å². The average Bonchev–Trinajstić information content (AvgIpc) is 2.55. The zero-order valence-corrected chi connectivity index (χ0v) is 8.60. The number of amides is 1. The molecule has 1 unspecified atom stereocenters. The third-order valence-corrected chi connectivity index (χ3v) is 2.70. The van der Waals surface area contributed by atoms with Gasteiger partial charge in [0, 0.05) is 4.88 Å². The molecule has 1 N–H and O–H groups in total. The van der Waals surface area contributed by atoms with Crippen molar-refractivity contribution < 1.29 is 4.79 Å². The lowest BCUT2D eigenvalue weighted by molar-refractivity contribution is -0.117. The Kier molecular flexibility index (Phi) is 3.71. The number of hydrogen-bond donors (Lipinski definition) is 1. The number of thiophene rings is 1. The van der Waals surface area contributed by atoms with Crippen molar-refractivity contribution in [2.45, 2.75) is 19.9 Å². The second kappa shape index (κ2) is 4.82. The molecule has 0 aliphatic carbocycles. The molecule has 0 aliphatic heterocycles. The Hall–Kier alpha value is -1.09. The molecule has 1 aromatic rings. The van der Waals surface area contributed by atoms with Gasteiger partial charge in [-0.25, -0.2) is 0 Å². The fourth-order valence-corrected chi connectivity index (χ4v) is 1.76. The van der Waals surface area contributed by atoms with E-state index < -0.39 is 0 Å². The van der Waals surface area contributed by atoms with Crippen LogP contribution in [0.4, 0.5) is 0 Å². The maximum Gasteiger partial charge on any atom is 0.244 e. The first kappa shape index (κ1) is 9.99. The van der Waals surface area contributed by atoms with E-state index in [4.69, 9.17) is 0 Å². The molecule has 1 atom stereocenters. The van der Waals surface area contributed by atoms with Gasteiger partial charge in [-0.15, -0.1) is 11.3 Å². The van der Waals surface area contributed by atoms with Crippen LogP contribution in [0.2, 0.25) is 0 Å². The summed E-state index contributed by atoms with van der Waals surface area (Å²) in [5, 5.41) is 4.88. The van der Waals surface area contributed by atoms with Crippen LogP contribution in [0.25, 0.3) is 0 Å². The topological polar surface area (TPSA) is 29.1 Å². The van der Waals surface area contributed by atoms with Gasteiger partial charge >= 0.3 is 0 Å². The maximum absolute atomic E-state index is 11.2. The molecule has 1 aromatic heterocycles. The van der Waals surface area contributed by atoms with E-state index in [9.17, 15) is 4.79 Å². The normalized spacial score (nSPS) is 13.1. The van der Waals surface area contributed by atoms with Crippen molar-refractivity contribution in [2.24, 2.45) is 0 Å². The Balaban J connectivity index is 2.51. The predicted octanol–water partition coefficient (Wildman–Crippen LogP) is 2.50. The lowest BCUT2D eigenvalue weighted by Crippen LogP contribution is -2.23. The molecule has 1 rings (SSSR count). The van der Waals surface area contributed by atoms with Crippen LogP contribution < -0.4 is 5.32 Å². The summed E-state index contributed by atoms with van der Waals surface area (Å²) in [7, 11) is 0. The summed E-state index contributed by atoms with van der Waals surface area (Å²) in [4.78, 5) is 12.3. The molecule has 0 fully saturated rings. The molecule has 0 saturated carbocycles. The SMILES string of the molecule is CC=CC(=O)NC(C)c1cccs1. The summed E-state index contributed by atoms with van der Waals surface area (Å²) < 4.78 is 0. The number of hydrogen-bond acceptors (Lipinski definition) is 2. The molecule has 0 aliphatic rings. The summed E-state index contributed by atoms with van der Waals surface area (Å²) in [5.74, 6) is -0.0385. The first-order valence-corrected chi connectivity index (χ1v) is 5.08. The Morgan fingerprint density at radius 1 is 1.69 bits per heavy atom. The van der Waals surface area contributed by atoms with E-state index in [2.05, 4.69) is 5.32 Å². The van der Waals surface area contributed by atoms with Crippen molar-refractivity contribution >= 4 is 17.2 Å². The standard InChI is InChI=1S/C10H13NOS/c1-3-5-10(12)11-8(2)9-6-4-7-13-9/h3-8H,1-2H3,(H,11,12). The highest BCUT2D eigenvalue weighted by Gasteiger charge is 2.06. The summed E-state index contributed by atoms with van der Waals surface area (Å²) in [6, 6.07) is 4.10. The largest absolute Gasteiger partial charge is 0.345 e. The molecule has 1 amide bonds. The highest BCUT2D eigenvalue weighted by atomic mass is 32.1. The van der Waals surface area contributed by atoms with Gasteiger partial charge in [-0.1, -0.05) is 12.1 Å². The second-order valence-electron chi connectivity index (χ2n) is 2.75. The summed E-state index contributed by atoms with van der Waals surface area (Å²) in [6.45, 7) is 3.81. The molecule has 3 heteroatoms. The summed E-state index contributed by atoms with van der Waals surface area (Å²) in [6.07, 6.45) is 3.26. The van der Waals surface area contributed by atoms with Crippen molar-refractivity contribution in [3.63, 3.8) is 0 Å². The van der Waals surface area contributed by atoms with Crippen molar-refractivity contribution in [2.75, 3.05) is 0 Å². The Morgan fingerprint density at radius 3 is 3.00 bits per heavy atom. The van der Waals surface area contributed by atoms with Crippen LogP contribution in [0.5, 0.6) is 0 Å². The number of rotatable bonds is 3. The van der Waals surface area contributed by atoms with Gasteiger partial charge in [0.2, 0.25) is 5.91 Å². The van der Waals surface area contributed by atoms with Gasteiger partial charge in [0.05, 0.1) is 6.04 Å². The van der Waals surface area contributed by atoms with Crippen LogP contribution in [0.15, 0.2) is 29.7 Å². The van der Waals surface area contributed by atoms with Crippen LogP contribution in [0.1, 0.15) is 24.8 Å². The lowest BCUT2D eigenvalue weighted by atomic mass is 10.3. The monoisotopic (exact) mass is 195 g/mol. The molecule has 0 aromatic carbocycles. The molecule has 70 valence electrons. The molecule has 0 spiro atoms. The second-order valence-corrected chi connectivity index (χ2v) is 3.72. The van der Waals surface area contributed by atoms with Crippen LogP contribution in [0.3, 0.4) is 0 Å². The van der Waals surface area contributed by atoms with Crippen molar-refractivity contribution in [3.8, 4) is 0 Å². The third-order valence-electron chi connectivity index (χ3n) is 1.65. The van der Waals surface area contributed by atoms with E-state index >= 15 is 0 Å². The van der Waals surface area contributed by atoms with E-state index in [0.29, 0.717) is 0 Å². The van der Waals surface area contributed by atoms with Crippen LogP contribution in [0, 0.1) is 0 Å². The molecule has 2 nitrogen and oxygen atoms in total. The first-order chi connectivity index (χ1) is 6.24. The smallest absolute Gasteiger partial charge is 0.244 e. The van der Waals surface area contributed by atoms with Gasteiger partial charge in [-0.05, 0) is 31.4 Å². The van der Waals surface area contributed by atoms with Gasteiger partial charge < -0.3 is 5.32 Å². The third kappa shape index (κ3) is 3.03. The molecule has 13 heavy (non-hydrogen) atoms. The lowest BCUT2D eigenvalue weighted by Gasteiger charge is -2.09. The fraction of sp³-hybridized carbons (Fsp3) is 0.300.